The van der Waals surface area contributed by atoms with Crippen molar-refractivity contribution in [3.63, 3.8) is 0 Å². The van der Waals surface area contributed by atoms with E-state index in [-0.39, 0.29) is 56.5 Å². The first-order valence-corrected chi connectivity index (χ1v) is 15.8. The van der Waals surface area contributed by atoms with Gasteiger partial charge in [-0.3, -0.25) is 19.2 Å². The molecule has 0 fully saturated rings. The number of carbonyl (C=O) groups excluding carboxylic acids is 4. The zero-order valence-electron chi connectivity index (χ0n) is 27.0. The standard InChI is InChI=1S/C36H44N4O6/c1-5-40-18-20-46-31-14-10-9-13-28(31)34(42)39-29(23-33(41)38-30(36(40)44)22-26-11-7-6-8-12-26)35(43)37-17-19-45-32-21-25(4)15-16-27(32)24(2)3/h6-16,21,24,29-30H,5,17-20,22-23H2,1-4H3,(H,37,43)(H,38,41)(H,39,42)/t29-,30-/m0/s1. The number of hydrogen-bond acceptors (Lipinski definition) is 6. The Bertz CT molecular complexity index is 1510. The molecule has 1 aliphatic heterocycles. The minimum absolute atomic E-state index is 0.138. The Morgan fingerprint density at radius 3 is 2.50 bits per heavy atom. The molecular formula is C36H44N4O6. The van der Waals surface area contributed by atoms with Gasteiger partial charge in [0.1, 0.15) is 36.8 Å². The summed E-state index contributed by atoms with van der Waals surface area (Å²) in [6.45, 7) is 9.16. The highest BCUT2D eigenvalue weighted by Crippen LogP contribution is 2.27. The fourth-order valence-corrected chi connectivity index (χ4v) is 5.33. The van der Waals surface area contributed by atoms with E-state index in [1.54, 1.807) is 29.2 Å². The third kappa shape index (κ3) is 9.32. The number of fused-ring (bicyclic) bond motifs is 1. The van der Waals surface area contributed by atoms with Gasteiger partial charge in [-0.25, -0.2) is 0 Å². The second kappa shape index (κ2) is 16.5. The van der Waals surface area contributed by atoms with Crippen LogP contribution in [0.25, 0.3) is 0 Å². The fourth-order valence-electron chi connectivity index (χ4n) is 5.33. The molecule has 3 aromatic carbocycles. The van der Waals surface area contributed by atoms with Gasteiger partial charge >= 0.3 is 0 Å². The van der Waals surface area contributed by atoms with E-state index in [4.69, 9.17) is 9.47 Å². The maximum atomic E-state index is 13.7. The van der Waals surface area contributed by atoms with E-state index in [0.29, 0.717) is 12.3 Å². The highest BCUT2D eigenvalue weighted by Gasteiger charge is 2.30. The molecule has 3 N–H and O–H groups in total. The summed E-state index contributed by atoms with van der Waals surface area (Å²) >= 11 is 0. The number of para-hydroxylation sites is 1. The first kappa shape index (κ1) is 34.0. The highest BCUT2D eigenvalue weighted by atomic mass is 16.5. The van der Waals surface area contributed by atoms with Crippen LogP contribution in [0.15, 0.2) is 72.8 Å². The molecule has 1 aliphatic rings. The molecule has 0 saturated heterocycles. The predicted molar refractivity (Wildman–Crippen MR) is 176 cm³/mol. The minimum atomic E-state index is -1.22. The van der Waals surface area contributed by atoms with Crippen LogP contribution in [-0.2, 0) is 20.8 Å². The monoisotopic (exact) mass is 628 g/mol. The molecule has 0 aliphatic carbocycles. The maximum Gasteiger partial charge on any atom is 0.255 e. The highest BCUT2D eigenvalue weighted by molar-refractivity contribution is 6.01. The van der Waals surface area contributed by atoms with Gasteiger partial charge in [0.05, 0.1) is 25.1 Å². The van der Waals surface area contributed by atoms with Gasteiger partial charge in [-0.05, 0) is 54.7 Å². The fraction of sp³-hybridized carbons (Fsp3) is 0.389. The van der Waals surface area contributed by atoms with Gasteiger partial charge < -0.3 is 30.3 Å². The lowest BCUT2D eigenvalue weighted by Gasteiger charge is -2.28. The van der Waals surface area contributed by atoms with Gasteiger partial charge in [-0.1, -0.05) is 68.4 Å². The summed E-state index contributed by atoms with van der Waals surface area (Å²) in [6, 6.07) is 20.0. The number of likely N-dealkylation sites (N-methyl/N-ethyl adjacent to an activating group) is 1. The summed E-state index contributed by atoms with van der Waals surface area (Å²) in [5.74, 6) is -0.566. The Kier molecular flexibility index (Phi) is 12.2. The van der Waals surface area contributed by atoms with E-state index in [2.05, 4.69) is 29.8 Å². The SMILES string of the molecule is CCN1CCOc2ccccc2C(=O)N[C@H](C(=O)NCCOc2cc(C)ccc2C(C)C)CC(=O)N[C@@H](Cc2ccccc2)C1=O. The van der Waals surface area contributed by atoms with E-state index in [0.717, 1.165) is 22.4 Å². The molecule has 10 heteroatoms. The lowest BCUT2D eigenvalue weighted by atomic mass is 10.0. The summed E-state index contributed by atoms with van der Waals surface area (Å²) in [7, 11) is 0. The van der Waals surface area contributed by atoms with Crippen molar-refractivity contribution in [1.29, 1.82) is 0 Å². The number of carbonyl (C=O) groups is 4. The van der Waals surface area contributed by atoms with E-state index < -0.39 is 29.8 Å². The number of rotatable bonds is 9. The largest absolute Gasteiger partial charge is 0.491 e. The zero-order valence-corrected chi connectivity index (χ0v) is 27.0. The molecule has 2 atom stereocenters. The molecule has 0 saturated carbocycles. The molecule has 3 aromatic rings. The molecule has 10 nitrogen and oxygen atoms in total. The number of aryl methyl sites for hydroxylation is 1. The molecule has 1 heterocycles. The Hall–Kier alpha value is -4.86. The average molecular weight is 629 g/mol. The molecular weight excluding hydrogens is 584 g/mol. The van der Waals surface area contributed by atoms with E-state index >= 15 is 0 Å². The average Bonchev–Trinajstić information content (AvgIpc) is 3.04. The van der Waals surface area contributed by atoms with Gasteiger partial charge in [0.25, 0.3) is 5.91 Å². The van der Waals surface area contributed by atoms with E-state index in [1.807, 2.05) is 62.4 Å². The number of nitrogens with one attached hydrogen (secondary N) is 3. The third-order valence-electron chi connectivity index (χ3n) is 7.82. The van der Waals surface area contributed by atoms with Gasteiger partial charge in [0.2, 0.25) is 17.7 Å². The minimum Gasteiger partial charge on any atom is -0.491 e. The normalized spacial score (nSPS) is 17.7. The molecule has 4 amide bonds. The van der Waals surface area contributed by atoms with Crippen molar-refractivity contribution < 1.29 is 28.7 Å². The summed E-state index contributed by atoms with van der Waals surface area (Å²) in [6.07, 6.45) is -0.106. The van der Waals surface area contributed by atoms with Crippen LogP contribution < -0.4 is 25.4 Å². The van der Waals surface area contributed by atoms with E-state index in [9.17, 15) is 19.2 Å². The summed E-state index contributed by atoms with van der Waals surface area (Å²) in [4.78, 5) is 55.6. The number of amides is 4. The van der Waals surface area contributed by atoms with Gasteiger partial charge in [0.15, 0.2) is 0 Å². The van der Waals surface area contributed by atoms with Gasteiger partial charge in [-0.15, -0.1) is 0 Å². The van der Waals surface area contributed by atoms with Crippen LogP contribution in [0.3, 0.4) is 0 Å². The third-order valence-corrected chi connectivity index (χ3v) is 7.82. The van der Waals surface area contributed by atoms with Crippen LogP contribution >= 0.6 is 0 Å². The zero-order chi connectivity index (χ0) is 33.1. The summed E-state index contributed by atoms with van der Waals surface area (Å²) in [5.41, 5.74) is 3.22. The lowest BCUT2D eigenvalue weighted by molar-refractivity contribution is -0.137. The number of hydrogen-bond donors (Lipinski definition) is 3. The Balaban J connectivity index is 1.53. The number of benzene rings is 3. The van der Waals surface area contributed by atoms with Crippen molar-refractivity contribution in [2.45, 2.75) is 58.5 Å². The lowest BCUT2D eigenvalue weighted by Crippen LogP contribution is -2.54. The van der Waals surface area contributed by atoms with Crippen molar-refractivity contribution in [3.8, 4) is 11.5 Å². The summed E-state index contributed by atoms with van der Waals surface area (Å²) in [5, 5.41) is 8.35. The van der Waals surface area contributed by atoms with Crippen molar-refractivity contribution in [3.05, 3.63) is 95.1 Å². The molecule has 4 rings (SSSR count). The van der Waals surface area contributed by atoms with Gasteiger partial charge in [-0.2, -0.15) is 0 Å². The van der Waals surface area contributed by atoms with Crippen LogP contribution in [-0.4, -0.2) is 73.5 Å². The van der Waals surface area contributed by atoms with Crippen molar-refractivity contribution >= 4 is 23.6 Å². The smallest absolute Gasteiger partial charge is 0.255 e. The first-order valence-electron chi connectivity index (χ1n) is 15.8. The van der Waals surface area contributed by atoms with E-state index in [1.165, 1.54) is 0 Å². The quantitative estimate of drug-likeness (QED) is 0.310. The first-order chi connectivity index (χ1) is 22.2. The van der Waals surface area contributed by atoms with Crippen LogP contribution in [0, 0.1) is 6.92 Å². The topological polar surface area (TPSA) is 126 Å². The molecule has 0 aromatic heterocycles. The van der Waals surface area contributed by atoms with Crippen LogP contribution in [0.1, 0.15) is 60.2 Å². The number of ether oxygens (including phenoxy) is 2. The Labute approximate surface area is 270 Å². The maximum absolute atomic E-state index is 13.7. The Morgan fingerprint density at radius 1 is 1.02 bits per heavy atom. The van der Waals surface area contributed by atoms with Gasteiger partial charge in [0, 0.05) is 13.0 Å². The van der Waals surface area contributed by atoms with Crippen LogP contribution in [0.4, 0.5) is 0 Å². The van der Waals surface area contributed by atoms with Crippen molar-refractivity contribution in [2.24, 2.45) is 0 Å². The predicted octanol–water partition coefficient (Wildman–Crippen LogP) is 3.77. The second-order valence-corrected chi connectivity index (χ2v) is 11.6. The van der Waals surface area contributed by atoms with Crippen LogP contribution in [0.5, 0.6) is 11.5 Å². The van der Waals surface area contributed by atoms with Crippen molar-refractivity contribution in [1.82, 2.24) is 20.9 Å². The van der Waals surface area contributed by atoms with Crippen molar-refractivity contribution in [2.75, 3.05) is 32.8 Å². The summed E-state index contributed by atoms with van der Waals surface area (Å²) < 4.78 is 12.0. The molecule has 0 unspecified atom stereocenters. The number of nitrogens with zero attached hydrogens (tertiary/aromatic N) is 1. The molecule has 244 valence electrons. The molecule has 0 spiro atoms. The molecule has 0 bridgehead atoms. The molecule has 46 heavy (non-hydrogen) atoms. The van der Waals surface area contributed by atoms with Crippen LogP contribution in [0.2, 0.25) is 0 Å². The molecule has 0 radical (unpaired) electrons. The second-order valence-electron chi connectivity index (χ2n) is 11.6. The Morgan fingerprint density at radius 2 is 1.76 bits per heavy atom.